The number of halogens is 3. The molecule has 77 valence electrons. The predicted molar refractivity (Wildman–Crippen MR) is 41.7 cm³/mol. The minimum atomic E-state index is -4.96. The van der Waals surface area contributed by atoms with E-state index in [0.717, 1.165) is 12.1 Å². The summed E-state index contributed by atoms with van der Waals surface area (Å²) in [5.74, 6) is 0. The zero-order chi connectivity index (χ0) is 10.8. The molecule has 7 heteroatoms. The quantitative estimate of drug-likeness (QED) is 0.769. The minimum absolute atomic E-state index is 0.475. The Morgan fingerprint density at radius 3 is 2.43 bits per heavy atom. The van der Waals surface area contributed by atoms with Gasteiger partial charge >= 0.3 is 6.30 Å². The largest absolute Gasteiger partial charge is 0.470 e. The minimum Gasteiger partial charge on any atom is -0.207 e. The van der Waals surface area contributed by atoms with E-state index in [1.54, 1.807) is 0 Å². The predicted octanol–water partition coefficient (Wildman–Crippen LogP) is 1.28. The van der Waals surface area contributed by atoms with Gasteiger partial charge in [-0.3, -0.25) is 0 Å². The number of nitrogens with one attached hydrogen (secondary N) is 1. The van der Waals surface area contributed by atoms with Crippen molar-refractivity contribution in [2.24, 2.45) is 0 Å². The van der Waals surface area contributed by atoms with Crippen LogP contribution in [0.2, 0.25) is 0 Å². The molecule has 1 aromatic carbocycles. The van der Waals surface area contributed by atoms with Crippen molar-refractivity contribution in [2.75, 3.05) is 0 Å². The van der Waals surface area contributed by atoms with Crippen molar-refractivity contribution in [3.8, 4) is 0 Å². The summed E-state index contributed by atoms with van der Waals surface area (Å²) in [5.41, 5.74) is 0. The summed E-state index contributed by atoms with van der Waals surface area (Å²) >= 11 is 0. The third kappa shape index (κ3) is 3.00. The van der Waals surface area contributed by atoms with E-state index in [2.05, 4.69) is 6.07 Å². The summed E-state index contributed by atoms with van der Waals surface area (Å²) in [6.07, 6.45) is -4.96. The molecule has 0 unspecified atom stereocenters. The SMILES string of the molecule is O=S(=O)(NC(F)(F)F)c1c[c]ccc1. The Bertz CT molecular complexity index is 399. The maximum absolute atomic E-state index is 11.7. The molecule has 0 saturated heterocycles. The number of hydrogen-bond acceptors (Lipinski definition) is 2. The van der Waals surface area contributed by atoms with Crippen LogP contribution in [0.4, 0.5) is 13.2 Å². The van der Waals surface area contributed by atoms with E-state index in [9.17, 15) is 21.6 Å². The molecule has 0 aromatic heterocycles. The first kappa shape index (κ1) is 11.0. The third-order valence-electron chi connectivity index (χ3n) is 1.24. The molecule has 0 saturated carbocycles. The molecule has 1 rings (SSSR count). The van der Waals surface area contributed by atoms with Gasteiger partial charge in [-0.05, 0) is 18.2 Å². The molecule has 0 fully saturated rings. The van der Waals surface area contributed by atoms with Gasteiger partial charge in [-0.2, -0.15) is 13.2 Å². The van der Waals surface area contributed by atoms with Crippen LogP contribution >= 0.6 is 0 Å². The standard InChI is InChI=1S/C7H5F3NO2S/c8-7(9,10)11-14(12,13)6-4-2-1-3-5-6/h1-2,4-5,11H. The van der Waals surface area contributed by atoms with Crippen LogP contribution in [0.5, 0.6) is 0 Å². The molecule has 0 bridgehead atoms. The highest BCUT2D eigenvalue weighted by Gasteiger charge is 2.34. The van der Waals surface area contributed by atoms with Gasteiger partial charge in [-0.25, -0.2) is 8.42 Å². The highest BCUT2D eigenvalue weighted by molar-refractivity contribution is 7.89. The fourth-order valence-electron chi connectivity index (χ4n) is 0.755. The van der Waals surface area contributed by atoms with E-state index in [1.165, 1.54) is 12.1 Å². The van der Waals surface area contributed by atoms with Gasteiger partial charge in [0.2, 0.25) is 10.0 Å². The molecule has 0 amide bonds. The van der Waals surface area contributed by atoms with Crippen molar-refractivity contribution in [1.82, 2.24) is 4.72 Å². The van der Waals surface area contributed by atoms with Gasteiger partial charge in [0.15, 0.2) is 0 Å². The fourth-order valence-corrected chi connectivity index (χ4v) is 1.66. The third-order valence-corrected chi connectivity index (χ3v) is 2.61. The monoisotopic (exact) mass is 224 g/mol. The molecule has 3 nitrogen and oxygen atoms in total. The van der Waals surface area contributed by atoms with Crippen molar-refractivity contribution in [3.63, 3.8) is 0 Å². The van der Waals surface area contributed by atoms with E-state index in [-0.39, 0.29) is 0 Å². The summed E-state index contributed by atoms with van der Waals surface area (Å²) in [4.78, 5) is -0.475. The number of benzene rings is 1. The number of rotatable bonds is 2. The highest BCUT2D eigenvalue weighted by atomic mass is 32.2. The molecule has 0 aliphatic heterocycles. The summed E-state index contributed by atoms with van der Waals surface area (Å²) in [7, 11) is -4.52. The smallest absolute Gasteiger partial charge is 0.207 e. The van der Waals surface area contributed by atoms with Gasteiger partial charge in [-0.15, -0.1) is 4.72 Å². The lowest BCUT2D eigenvalue weighted by molar-refractivity contribution is -0.138. The molecular weight excluding hydrogens is 219 g/mol. The molecule has 1 N–H and O–H groups in total. The van der Waals surface area contributed by atoms with Gasteiger partial charge in [-0.1, -0.05) is 12.1 Å². The van der Waals surface area contributed by atoms with Crippen LogP contribution in [0.1, 0.15) is 0 Å². The summed E-state index contributed by atoms with van der Waals surface area (Å²) in [6, 6.07) is 7.03. The first-order chi connectivity index (χ1) is 6.31. The van der Waals surface area contributed by atoms with E-state index >= 15 is 0 Å². The van der Waals surface area contributed by atoms with E-state index in [4.69, 9.17) is 0 Å². The second-order valence-corrected chi connectivity index (χ2v) is 4.02. The lowest BCUT2D eigenvalue weighted by atomic mass is 10.4. The van der Waals surface area contributed by atoms with Crippen molar-refractivity contribution in [1.29, 1.82) is 0 Å². The molecule has 0 atom stereocenters. The van der Waals surface area contributed by atoms with Crippen molar-refractivity contribution in [3.05, 3.63) is 30.3 Å². The average Bonchev–Trinajstić information content (AvgIpc) is 2.01. The molecule has 1 radical (unpaired) electrons. The average molecular weight is 224 g/mol. The summed E-state index contributed by atoms with van der Waals surface area (Å²) in [6.45, 7) is 0. The zero-order valence-corrected chi connectivity index (χ0v) is 7.48. The Hall–Kier alpha value is -1.08. The molecule has 0 heterocycles. The van der Waals surface area contributed by atoms with Crippen molar-refractivity contribution < 1.29 is 21.6 Å². The van der Waals surface area contributed by atoms with E-state index in [0.29, 0.717) is 4.72 Å². The fraction of sp³-hybridized carbons (Fsp3) is 0.143. The van der Waals surface area contributed by atoms with Crippen LogP contribution in [-0.2, 0) is 10.0 Å². The van der Waals surface area contributed by atoms with Crippen LogP contribution in [0, 0.1) is 6.07 Å². The Balaban J connectivity index is 2.99. The molecule has 0 spiro atoms. The number of alkyl halides is 3. The Morgan fingerprint density at radius 1 is 1.36 bits per heavy atom. The molecule has 1 aromatic rings. The summed E-state index contributed by atoms with van der Waals surface area (Å²) < 4.78 is 57.8. The first-order valence-corrected chi connectivity index (χ1v) is 4.86. The highest BCUT2D eigenvalue weighted by Crippen LogP contribution is 2.16. The van der Waals surface area contributed by atoms with Crippen LogP contribution in [0.25, 0.3) is 0 Å². The second-order valence-electron chi connectivity index (χ2n) is 2.34. The van der Waals surface area contributed by atoms with Gasteiger partial charge in [0.1, 0.15) is 0 Å². The normalized spacial score (nSPS) is 12.8. The topological polar surface area (TPSA) is 46.2 Å². The summed E-state index contributed by atoms with van der Waals surface area (Å²) in [5, 5.41) is 0. The van der Waals surface area contributed by atoms with Crippen LogP contribution < -0.4 is 4.72 Å². The zero-order valence-electron chi connectivity index (χ0n) is 6.67. The Morgan fingerprint density at radius 2 is 2.00 bits per heavy atom. The maximum Gasteiger partial charge on any atom is 0.470 e. The van der Waals surface area contributed by atoms with Gasteiger partial charge in [0.25, 0.3) is 0 Å². The second kappa shape index (κ2) is 3.58. The Kier molecular flexibility index (Phi) is 2.81. The first-order valence-electron chi connectivity index (χ1n) is 3.38. The number of sulfonamides is 1. The lowest BCUT2D eigenvalue weighted by Crippen LogP contribution is -2.37. The van der Waals surface area contributed by atoms with Crippen LogP contribution in [0.15, 0.2) is 29.2 Å². The van der Waals surface area contributed by atoms with Gasteiger partial charge < -0.3 is 0 Å². The molecule has 14 heavy (non-hydrogen) atoms. The van der Waals surface area contributed by atoms with Gasteiger partial charge in [0.05, 0.1) is 4.90 Å². The maximum atomic E-state index is 11.7. The van der Waals surface area contributed by atoms with E-state index in [1.807, 2.05) is 0 Å². The van der Waals surface area contributed by atoms with Crippen LogP contribution in [-0.4, -0.2) is 14.7 Å². The number of hydrogen-bond donors (Lipinski definition) is 1. The molecule has 0 aliphatic rings. The van der Waals surface area contributed by atoms with Crippen molar-refractivity contribution in [2.45, 2.75) is 11.2 Å². The van der Waals surface area contributed by atoms with Crippen molar-refractivity contribution >= 4 is 10.0 Å². The lowest BCUT2D eigenvalue weighted by Gasteiger charge is -2.08. The molecule has 0 aliphatic carbocycles. The molecular formula is C7H5F3NO2S. The van der Waals surface area contributed by atoms with E-state index < -0.39 is 21.2 Å². The Labute approximate surface area is 78.6 Å². The van der Waals surface area contributed by atoms with Crippen LogP contribution in [0.3, 0.4) is 0 Å². The van der Waals surface area contributed by atoms with Gasteiger partial charge in [0, 0.05) is 0 Å².